The molecule has 0 rings (SSSR count). The summed E-state index contributed by atoms with van der Waals surface area (Å²) in [6.07, 6.45) is -4.10. The van der Waals surface area contributed by atoms with E-state index in [0.29, 0.717) is 0 Å². The molecule has 0 aliphatic carbocycles. The van der Waals surface area contributed by atoms with Gasteiger partial charge in [-0.25, -0.2) is 0 Å². The van der Waals surface area contributed by atoms with Crippen LogP contribution in [0.1, 0.15) is 6.92 Å². The molecule has 0 saturated carbocycles. The number of hydrogen-bond donors (Lipinski definition) is 1. The summed E-state index contributed by atoms with van der Waals surface area (Å²) in [5.74, 6) is 0. The number of hydrogen-bond acceptors (Lipinski definition) is 1. The molecule has 8 heavy (non-hydrogen) atoms. The van der Waals surface area contributed by atoms with Crippen molar-refractivity contribution in [2.75, 3.05) is 7.05 Å². The first kappa shape index (κ1) is 7.75. The molecule has 0 radical (unpaired) electrons. The van der Waals surface area contributed by atoms with Crippen LogP contribution in [0.15, 0.2) is 0 Å². The lowest BCUT2D eigenvalue weighted by atomic mass is 10.3. The number of alkyl halides is 3. The van der Waals surface area contributed by atoms with Gasteiger partial charge in [-0.1, -0.05) is 0 Å². The minimum Gasteiger partial charge on any atom is -0.309 e. The smallest absolute Gasteiger partial charge is 0.309 e. The largest absolute Gasteiger partial charge is 0.403 e. The van der Waals surface area contributed by atoms with Gasteiger partial charge in [0.05, 0.1) is 0 Å². The Morgan fingerprint density at radius 1 is 1.38 bits per heavy atom. The van der Waals surface area contributed by atoms with Crippen molar-refractivity contribution in [3.05, 3.63) is 0 Å². The van der Waals surface area contributed by atoms with Gasteiger partial charge in [0.2, 0.25) is 0 Å². The summed E-state index contributed by atoms with van der Waals surface area (Å²) < 4.78 is 34.2. The van der Waals surface area contributed by atoms with Gasteiger partial charge >= 0.3 is 6.18 Å². The maximum atomic E-state index is 11.4. The van der Waals surface area contributed by atoms with Gasteiger partial charge in [-0.05, 0) is 14.0 Å². The Bertz CT molecular complexity index is 68.2. The van der Waals surface area contributed by atoms with Gasteiger partial charge in [0, 0.05) is 0 Å². The molecule has 1 N–H and O–H groups in total. The fraction of sp³-hybridized carbons (Fsp3) is 1.00. The first-order valence-corrected chi connectivity index (χ1v) is 2.22. The molecule has 0 amide bonds. The molecule has 0 aromatic heterocycles. The average Bonchev–Trinajstić information content (AvgIpc) is 1.62. The summed E-state index contributed by atoms with van der Waals surface area (Å²) in [5, 5.41) is 2.08. The third kappa shape index (κ3) is 2.16. The lowest BCUT2D eigenvalue weighted by Crippen LogP contribution is -2.36. The van der Waals surface area contributed by atoms with Gasteiger partial charge in [0.1, 0.15) is 6.04 Å². The van der Waals surface area contributed by atoms with Crippen molar-refractivity contribution >= 4 is 0 Å². The normalized spacial score (nSPS) is 16.1. The van der Waals surface area contributed by atoms with Gasteiger partial charge in [0.15, 0.2) is 0 Å². The van der Waals surface area contributed by atoms with Crippen LogP contribution in [-0.2, 0) is 0 Å². The van der Waals surface area contributed by atoms with E-state index in [1.807, 2.05) is 0 Å². The zero-order valence-corrected chi connectivity index (χ0v) is 4.71. The van der Waals surface area contributed by atoms with E-state index < -0.39 is 12.2 Å². The molecule has 0 aliphatic heterocycles. The van der Waals surface area contributed by atoms with Crippen LogP contribution in [0.5, 0.6) is 0 Å². The Labute approximate surface area is 45.9 Å². The van der Waals surface area contributed by atoms with Crippen LogP contribution in [-0.4, -0.2) is 19.3 Å². The summed E-state index contributed by atoms with van der Waals surface area (Å²) in [7, 11) is 1.28. The second-order valence-electron chi connectivity index (χ2n) is 1.55. The van der Waals surface area contributed by atoms with E-state index >= 15 is 0 Å². The molecule has 0 aromatic carbocycles. The van der Waals surface area contributed by atoms with E-state index in [1.54, 1.807) is 0 Å². The van der Waals surface area contributed by atoms with Gasteiger partial charge in [-0.3, -0.25) is 0 Å². The van der Waals surface area contributed by atoms with Crippen molar-refractivity contribution in [1.29, 1.82) is 0 Å². The number of rotatable bonds is 1. The van der Waals surface area contributed by atoms with Gasteiger partial charge in [-0.2, -0.15) is 13.2 Å². The van der Waals surface area contributed by atoms with Gasteiger partial charge in [-0.15, -0.1) is 0 Å². The number of halogens is 3. The molecule has 1 nitrogen and oxygen atoms in total. The van der Waals surface area contributed by atoms with E-state index in [0.717, 1.165) is 6.92 Å². The topological polar surface area (TPSA) is 12.0 Å². The van der Waals surface area contributed by atoms with Crippen LogP contribution < -0.4 is 5.32 Å². The Morgan fingerprint density at radius 3 is 1.75 bits per heavy atom. The van der Waals surface area contributed by atoms with E-state index in [4.69, 9.17) is 0 Å². The standard InChI is InChI=1S/C4H8F3N/c1-3(8-2)4(5,6)7/h3,8H,1-2H3/t3-/m0/s1. The van der Waals surface area contributed by atoms with E-state index in [1.165, 1.54) is 7.05 Å². The van der Waals surface area contributed by atoms with E-state index in [2.05, 4.69) is 5.32 Å². The average molecular weight is 127 g/mol. The second-order valence-corrected chi connectivity index (χ2v) is 1.55. The van der Waals surface area contributed by atoms with Crippen LogP contribution >= 0.6 is 0 Å². The summed E-state index contributed by atoms with van der Waals surface area (Å²) >= 11 is 0. The third-order valence-corrected chi connectivity index (χ3v) is 0.924. The van der Waals surface area contributed by atoms with Crippen molar-refractivity contribution in [3.63, 3.8) is 0 Å². The Balaban J connectivity index is 3.62. The van der Waals surface area contributed by atoms with Gasteiger partial charge in [0.25, 0.3) is 0 Å². The fourth-order valence-electron chi connectivity index (χ4n) is 0.164. The Morgan fingerprint density at radius 2 is 1.75 bits per heavy atom. The van der Waals surface area contributed by atoms with E-state index in [9.17, 15) is 13.2 Å². The molecule has 0 aliphatic rings. The second kappa shape index (κ2) is 2.35. The quantitative estimate of drug-likeness (QED) is 0.557. The van der Waals surface area contributed by atoms with Crippen molar-refractivity contribution in [1.82, 2.24) is 5.32 Å². The lowest BCUT2D eigenvalue weighted by Gasteiger charge is -2.13. The highest BCUT2D eigenvalue weighted by Crippen LogP contribution is 2.18. The third-order valence-electron chi connectivity index (χ3n) is 0.924. The number of nitrogens with one attached hydrogen (secondary N) is 1. The van der Waals surface area contributed by atoms with Crippen LogP contribution in [0.3, 0.4) is 0 Å². The molecule has 4 heteroatoms. The SMILES string of the molecule is CN[C@@H](C)C(F)(F)F. The highest BCUT2D eigenvalue weighted by atomic mass is 19.4. The van der Waals surface area contributed by atoms with Gasteiger partial charge < -0.3 is 5.32 Å². The van der Waals surface area contributed by atoms with Crippen LogP contribution in [0, 0.1) is 0 Å². The zero-order valence-electron chi connectivity index (χ0n) is 4.71. The first-order chi connectivity index (χ1) is 3.48. The minimum atomic E-state index is -4.10. The lowest BCUT2D eigenvalue weighted by molar-refractivity contribution is -0.150. The van der Waals surface area contributed by atoms with Crippen molar-refractivity contribution in [3.8, 4) is 0 Å². The van der Waals surface area contributed by atoms with Crippen LogP contribution in [0.25, 0.3) is 0 Å². The first-order valence-electron chi connectivity index (χ1n) is 2.22. The highest BCUT2D eigenvalue weighted by Gasteiger charge is 2.34. The molecule has 0 heterocycles. The summed E-state index contributed by atoms with van der Waals surface area (Å²) in [6.45, 7) is 1.07. The maximum absolute atomic E-state index is 11.4. The van der Waals surface area contributed by atoms with Crippen molar-refractivity contribution < 1.29 is 13.2 Å². The molecular formula is C4H8F3N. The Hall–Kier alpha value is -0.250. The molecule has 0 spiro atoms. The molecule has 0 saturated heterocycles. The van der Waals surface area contributed by atoms with Crippen molar-refractivity contribution in [2.45, 2.75) is 19.1 Å². The minimum absolute atomic E-state index is 1.07. The molecule has 0 aromatic rings. The molecule has 0 unspecified atom stereocenters. The molecule has 50 valence electrons. The fourth-order valence-corrected chi connectivity index (χ4v) is 0.164. The predicted molar refractivity (Wildman–Crippen MR) is 24.6 cm³/mol. The van der Waals surface area contributed by atoms with Crippen molar-refractivity contribution in [2.24, 2.45) is 0 Å². The molecule has 0 fully saturated rings. The summed E-state index contributed by atoms with van der Waals surface area (Å²) in [6, 6.07) is -1.40. The molecule has 0 bridgehead atoms. The van der Waals surface area contributed by atoms with E-state index in [-0.39, 0.29) is 0 Å². The molecule has 1 atom stereocenters. The Kier molecular flexibility index (Phi) is 2.27. The van der Waals surface area contributed by atoms with Crippen LogP contribution in [0.4, 0.5) is 13.2 Å². The zero-order chi connectivity index (χ0) is 6.78. The summed E-state index contributed by atoms with van der Waals surface area (Å²) in [4.78, 5) is 0. The summed E-state index contributed by atoms with van der Waals surface area (Å²) in [5.41, 5.74) is 0. The maximum Gasteiger partial charge on any atom is 0.403 e. The van der Waals surface area contributed by atoms with Crippen LogP contribution in [0.2, 0.25) is 0 Å². The monoisotopic (exact) mass is 127 g/mol. The highest BCUT2D eigenvalue weighted by molar-refractivity contribution is 4.65. The molecular weight excluding hydrogens is 119 g/mol. The predicted octanol–water partition coefficient (Wildman–Crippen LogP) is 1.16.